The van der Waals surface area contributed by atoms with Gasteiger partial charge in [0.2, 0.25) is 5.91 Å². The number of nitrogens with zero attached hydrogens (tertiary/aromatic N) is 1. The van der Waals surface area contributed by atoms with Crippen LogP contribution in [0.3, 0.4) is 0 Å². The number of aromatic nitrogens is 1. The summed E-state index contributed by atoms with van der Waals surface area (Å²) >= 11 is 1.36. The number of benzene rings is 1. The highest BCUT2D eigenvalue weighted by Crippen LogP contribution is 2.26. The lowest BCUT2D eigenvalue weighted by molar-refractivity contribution is -0.120. The number of amides is 1. The van der Waals surface area contributed by atoms with Gasteiger partial charge in [-0.1, -0.05) is 12.1 Å². The summed E-state index contributed by atoms with van der Waals surface area (Å²) in [6, 6.07) is 6.29. The molecule has 1 amide bonds. The molecule has 0 saturated carbocycles. The predicted molar refractivity (Wildman–Crippen MR) is 89.0 cm³/mol. The van der Waals surface area contributed by atoms with E-state index in [9.17, 15) is 9.18 Å². The lowest BCUT2D eigenvalue weighted by Crippen LogP contribution is -2.34. The standard InChI is InChI=1S/C15H16FN3OS.ClH/c16-12-3-1-2-11(8-12)13-9-21-15(18-13)19-14(20)10-4-6-17-7-5-10;/h1-3,8-10,17H,4-7H2,(H,18,19,20);1H. The van der Waals surface area contributed by atoms with Gasteiger partial charge in [0.25, 0.3) is 0 Å². The maximum atomic E-state index is 13.2. The van der Waals surface area contributed by atoms with Crippen LogP contribution in [0.15, 0.2) is 29.6 Å². The lowest BCUT2D eigenvalue weighted by atomic mass is 9.97. The van der Waals surface area contributed by atoms with Crippen molar-refractivity contribution in [3.8, 4) is 11.3 Å². The molecule has 0 radical (unpaired) electrons. The average Bonchev–Trinajstić information content (AvgIpc) is 2.97. The van der Waals surface area contributed by atoms with Gasteiger partial charge in [-0.15, -0.1) is 23.7 Å². The van der Waals surface area contributed by atoms with E-state index in [0.29, 0.717) is 16.4 Å². The molecule has 1 saturated heterocycles. The summed E-state index contributed by atoms with van der Waals surface area (Å²) in [5.74, 6) is -0.217. The molecule has 1 aromatic carbocycles. The molecule has 1 aliphatic rings. The van der Waals surface area contributed by atoms with Crippen molar-refractivity contribution in [2.75, 3.05) is 18.4 Å². The summed E-state index contributed by atoms with van der Waals surface area (Å²) in [4.78, 5) is 16.5. The van der Waals surface area contributed by atoms with Crippen molar-refractivity contribution in [2.24, 2.45) is 5.92 Å². The molecule has 0 bridgehead atoms. The topological polar surface area (TPSA) is 54.0 Å². The van der Waals surface area contributed by atoms with Gasteiger partial charge < -0.3 is 10.6 Å². The van der Waals surface area contributed by atoms with Gasteiger partial charge in [0.05, 0.1) is 5.69 Å². The van der Waals surface area contributed by atoms with E-state index in [4.69, 9.17) is 0 Å². The van der Waals surface area contributed by atoms with Crippen molar-refractivity contribution in [2.45, 2.75) is 12.8 Å². The number of nitrogens with one attached hydrogen (secondary N) is 2. The molecule has 3 rings (SSSR count). The minimum absolute atomic E-state index is 0. The number of rotatable bonds is 3. The van der Waals surface area contributed by atoms with Crippen molar-refractivity contribution in [3.05, 3.63) is 35.5 Å². The smallest absolute Gasteiger partial charge is 0.229 e. The number of hydrogen-bond acceptors (Lipinski definition) is 4. The number of thiazole rings is 1. The largest absolute Gasteiger partial charge is 0.317 e. The van der Waals surface area contributed by atoms with Crippen LogP contribution >= 0.6 is 23.7 Å². The summed E-state index contributed by atoms with van der Waals surface area (Å²) in [5, 5.41) is 8.49. The first-order valence-corrected chi connectivity index (χ1v) is 7.83. The second-order valence-electron chi connectivity index (χ2n) is 5.06. The SMILES string of the molecule is Cl.O=C(Nc1nc(-c2cccc(F)c2)cs1)C1CCNCC1. The molecule has 2 heterocycles. The maximum absolute atomic E-state index is 13.2. The third-order valence-corrected chi connectivity index (χ3v) is 4.32. The first-order valence-electron chi connectivity index (χ1n) is 6.95. The van der Waals surface area contributed by atoms with Crippen LogP contribution in [-0.2, 0) is 4.79 Å². The molecule has 1 aliphatic heterocycles. The average molecular weight is 342 g/mol. The van der Waals surface area contributed by atoms with E-state index in [-0.39, 0.29) is 30.0 Å². The summed E-state index contributed by atoms with van der Waals surface area (Å²) in [6.07, 6.45) is 1.71. The van der Waals surface area contributed by atoms with Gasteiger partial charge in [-0.05, 0) is 38.1 Å². The molecule has 22 heavy (non-hydrogen) atoms. The molecule has 0 unspecified atom stereocenters. The van der Waals surface area contributed by atoms with Crippen LogP contribution in [0.1, 0.15) is 12.8 Å². The van der Waals surface area contributed by atoms with Crippen molar-refractivity contribution in [1.82, 2.24) is 10.3 Å². The molecule has 1 fully saturated rings. The van der Waals surface area contributed by atoms with Crippen molar-refractivity contribution in [3.63, 3.8) is 0 Å². The Morgan fingerprint density at radius 2 is 2.14 bits per heavy atom. The Morgan fingerprint density at radius 3 is 2.86 bits per heavy atom. The van der Waals surface area contributed by atoms with Crippen LogP contribution in [0, 0.1) is 11.7 Å². The molecule has 7 heteroatoms. The first-order chi connectivity index (χ1) is 10.2. The zero-order valence-electron chi connectivity index (χ0n) is 11.8. The monoisotopic (exact) mass is 341 g/mol. The lowest BCUT2D eigenvalue weighted by Gasteiger charge is -2.20. The highest BCUT2D eigenvalue weighted by molar-refractivity contribution is 7.14. The highest BCUT2D eigenvalue weighted by Gasteiger charge is 2.21. The number of carbonyl (C=O) groups excluding carboxylic acids is 1. The zero-order chi connectivity index (χ0) is 14.7. The summed E-state index contributed by atoms with van der Waals surface area (Å²) in [6.45, 7) is 1.76. The molecule has 4 nitrogen and oxygen atoms in total. The third-order valence-electron chi connectivity index (χ3n) is 3.56. The van der Waals surface area contributed by atoms with Crippen molar-refractivity contribution >= 4 is 34.8 Å². The molecule has 118 valence electrons. The van der Waals surface area contributed by atoms with Crippen LogP contribution < -0.4 is 10.6 Å². The minimum atomic E-state index is -0.291. The van der Waals surface area contributed by atoms with Gasteiger partial charge in [-0.25, -0.2) is 9.37 Å². The number of halogens is 2. The van der Waals surface area contributed by atoms with Gasteiger partial charge in [-0.2, -0.15) is 0 Å². The molecule has 0 aliphatic carbocycles. The van der Waals surface area contributed by atoms with Crippen molar-refractivity contribution in [1.29, 1.82) is 0 Å². The highest BCUT2D eigenvalue weighted by atomic mass is 35.5. The second-order valence-corrected chi connectivity index (χ2v) is 5.92. The van der Waals surface area contributed by atoms with Crippen LogP contribution in [0.2, 0.25) is 0 Å². The van der Waals surface area contributed by atoms with E-state index < -0.39 is 0 Å². The second kappa shape index (κ2) is 7.67. The molecular weight excluding hydrogens is 325 g/mol. The summed E-state index contributed by atoms with van der Waals surface area (Å²) in [7, 11) is 0. The first kappa shape index (κ1) is 16.9. The molecule has 2 N–H and O–H groups in total. The fourth-order valence-corrected chi connectivity index (χ4v) is 3.13. The van der Waals surface area contributed by atoms with E-state index in [1.54, 1.807) is 12.1 Å². The van der Waals surface area contributed by atoms with Gasteiger partial charge in [0, 0.05) is 16.9 Å². The Labute approximate surface area is 138 Å². The number of anilines is 1. The summed E-state index contributed by atoms with van der Waals surface area (Å²) in [5.41, 5.74) is 1.40. The third kappa shape index (κ3) is 4.03. The number of hydrogen-bond donors (Lipinski definition) is 2. The van der Waals surface area contributed by atoms with Gasteiger partial charge in [0.1, 0.15) is 5.82 Å². The Hall–Kier alpha value is -1.50. The van der Waals surface area contributed by atoms with E-state index in [1.165, 1.54) is 23.5 Å². The van der Waals surface area contributed by atoms with E-state index in [0.717, 1.165) is 25.9 Å². The van der Waals surface area contributed by atoms with Crippen LogP contribution in [0.5, 0.6) is 0 Å². The zero-order valence-corrected chi connectivity index (χ0v) is 13.5. The van der Waals surface area contributed by atoms with Gasteiger partial charge in [-0.3, -0.25) is 4.79 Å². The van der Waals surface area contributed by atoms with E-state index in [1.807, 2.05) is 5.38 Å². The number of piperidine rings is 1. The fraction of sp³-hybridized carbons (Fsp3) is 0.333. The van der Waals surface area contributed by atoms with E-state index >= 15 is 0 Å². The maximum Gasteiger partial charge on any atom is 0.229 e. The van der Waals surface area contributed by atoms with E-state index in [2.05, 4.69) is 15.6 Å². The van der Waals surface area contributed by atoms with Gasteiger partial charge in [0.15, 0.2) is 5.13 Å². The Balaban J connectivity index is 0.00000176. The Bertz CT molecular complexity index is 643. The molecule has 0 spiro atoms. The number of carbonyl (C=O) groups is 1. The molecule has 0 atom stereocenters. The van der Waals surface area contributed by atoms with Crippen LogP contribution in [-0.4, -0.2) is 24.0 Å². The van der Waals surface area contributed by atoms with Crippen molar-refractivity contribution < 1.29 is 9.18 Å². The van der Waals surface area contributed by atoms with Crippen LogP contribution in [0.4, 0.5) is 9.52 Å². The molecule has 2 aromatic rings. The molecule has 1 aromatic heterocycles. The fourth-order valence-electron chi connectivity index (χ4n) is 2.40. The molecular formula is C15H17ClFN3OS. The Kier molecular flexibility index (Phi) is 5.88. The quantitative estimate of drug-likeness (QED) is 0.900. The van der Waals surface area contributed by atoms with Crippen LogP contribution in [0.25, 0.3) is 11.3 Å². The normalized spacial score (nSPS) is 15.1. The Morgan fingerprint density at radius 1 is 1.36 bits per heavy atom. The van der Waals surface area contributed by atoms with Gasteiger partial charge >= 0.3 is 0 Å². The summed E-state index contributed by atoms with van der Waals surface area (Å²) < 4.78 is 13.2. The minimum Gasteiger partial charge on any atom is -0.317 e. The predicted octanol–water partition coefficient (Wildman–Crippen LogP) is 3.31.